The average Bonchev–Trinajstić information content (AvgIpc) is 2.42. The lowest BCUT2D eigenvalue weighted by Crippen LogP contribution is -2.41. The Morgan fingerprint density at radius 1 is 1.14 bits per heavy atom. The van der Waals surface area contributed by atoms with Crippen molar-refractivity contribution in [3.63, 3.8) is 0 Å². The molecule has 1 aromatic rings. The van der Waals surface area contributed by atoms with Crippen LogP contribution in [0.5, 0.6) is 0 Å². The molecule has 0 saturated carbocycles. The van der Waals surface area contributed by atoms with Crippen LogP contribution in [-0.4, -0.2) is 34.5 Å². The van der Waals surface area contributed by atoms with Crippen molar-refractivity contribution in [1.82, 2.24) is 15.3 Å². The summed E-state index contributed by atoms with van der Waals surface area (Å²) in [5.41, 5.74) is 0.929. The number of carbonyl (C=O) groups excluding carboxylic acids is 1. The van der Waals surface area contributed by atoms with Gasteiger partial charge < -0.3 is 16.0 Å². The Hall–Kier alpha value is -1.85. The Morgan fingerprint density at radius 3 is 2.29 bits per heavy atom. The molecule has 3 N–H and O–H groups in total. The SMILES string of the molecule is CCNc1nc(CC)nc(NC(C)C(=O)NC(C)C)c1C. The second-order valence-electron chi connectivity index (χ2n) is 5.38. The molecular formula is C15H27N5O. The van der Waals surface area contributed by atoms with Crippen molar-refractivity contribution in [3.05, 3.63) is 11.4 Å². The van der Waals surface area contributed by atoms with E-state index in [1.165, 1.54) is 0 Å². The molecule has 0 aliphatic rings. The molecule has 118 valence electrons. The van der Waals surface area contributed by atoms with Gasteiger partial charge in [-0.05, 0) is 34.6 Å². The zero-order valence-electron chi connectivity index (χ0n) is 13.9. The Labute approximate surface area is 127 Å². The third-order valence-corrected chi connectivity index (χ3v) is 3.03. The summed E-state index contributed by atoms with van der Waals surface area (Å²) in [4.78, 5) is 21.0. The van der Waals surface area contributed by atoms with Crippen molar-refractivity contribution in [1.29, 1.82) is 0 Å². The molecule has 0 saturated heterocycles. The summed E-state index contributed by atoms with van der Waals surface area (Å²) in [5.74, 6) is 2.26. The highest BCUT2D eigenvalue weighted by atomic mass is 16.2. The molecule has 1 amide bonds. The molecular weight excluding hydrogens is 266 g/mol. The first-order valence-electron chi connectivity index (χ1n) is 7.57. The number of aromatic nitrogens is 2. The molecule has 21 heavy (non-hydrogen) atoms. The van der Waals surface area contributed by atoms with E-state index >= 15 is 0 Å². The maximum Gasteiger partial charge on any atom is 0.242 e. The third kappa shape index (κ3) is 4.88. The fraction of sp³-hybridized carbons (Fsp3) is 0.667. The fourth-order valence-corrected chi connectivity index (χ4v) is 1.88. The van der Waals surface area contributed by atoms with Gasteiger partial charge in [0.1, 0.15) is 23.5 Å². The van der Waals surface area contributed by atoms with Crippen LogP contribution < -0.4 is 16.0 Å². The van der Waals surface area contributed by atoms with Crippen molar-refractivity contribution in [2.45, 2.75) is 60.0 Å². The quantitative estimate of drug-likeness (QED) is 0.717. The Kier molecular flexibility index (Phi) is 6.39. The molecule has 1 heterocycles. The van der Waals surface area contributed by atoms with Crippen molar-refractivity contribution >= 4 is 17.5 Å². The maximum absolute atomic E-state index is 12.0. The number of hydrogen-bond donors (Lipinski definition) is 3. The predicted molar refractivity (Wildman–Crippen MR) is 86.7 cm³/mol. The lowest BCUT2D eigenvalue weighted by Gasteiger charge is -2.19. The largest absolute Gasteiger partial charge is 0.370 e. The number of hydrogen-bond acceptors (Lipinski definition) is 5. The number of carbonyl (C=O) groups is 1. The average molecular weight is 293 g/mol. The van der Waals surface area contributed by atoms with Crippen molar-refractivity contribution in [3.8, 4) is 0 Å². The van der Waals surface area contributed by atoms with E-state index in [-0.39, 0.29) is 18.0 Å². The highest BCUT2D eigenvalue weighted by Gasteiger charge is 2.17. The lowest BCUT2D eigenvalue weighted by atomic mass is 10.2. The van der Waals surface area contributed by atoms with Crippen LogP contribution in [0.2, 0.25) is 0 Å². The standard InChI is InChI=1S/C15H27N5O/c1-7-12-19-13(16-8-2)10(5)14(20-12)18-11(6)15(21)17-9(3)4/h9,11H,7-8H2,1-6H3,(H,17,21)(H2,16,18,19,20). The first-order chi connectivity index (χ1) is 9.88. The second-order valence-corrected chi connectivity index (χ2v) is 5.38. The van der Waals surface area contributed by atoms with Crippen LogP contribution in [0.4, 0.5) is 11.6 Å². The molecule has 1 aromatic heterocycles. The van der Waals surface area contributed by atoms with Gasteiger partial charge in [0.05, 0.1) is 0 Å². The summed E-state index contributed by atoms with van der Waals surface area (Å²) in [5, 5.41) is 9.31. The van der Waals surface area contributed by atoms with Gasteiger partial charge in [-0.3, -0.25) is 4.79 Å². The highest BCUT2D eigenvalue weighted by Crippen LogP contribution is 2.20. The van der Waals surface area contributed by atoms with Gasteiger partial charge in [-0.1, -0.05) is 6.92 Å². The van der Waals surface area contributed by atoms with E-state index < -0.39 is 0 Å². The molecule has 0 radical (unpaired) electrons. The summed E-state index contributed by atoms with van der Waals surface area (Å²) >= 11 is 0. The summed E-state index contributed by atoms with van der Waals surface area (Å²) in [6.07, 6.45) is 0.750. The van der Waals surface area contributed by atoms with Crippen LogP contribution in [-0.2, 0) is 11.2 Å². The topological polar surface area (TPSA) is 78.9 Å². The monoisotopic (exact) mass is 293 g/mol. The Bertz CT molecular complexity index is 487. The van der Waals surface area contributed by atoms with Gasteiger partial charge in [0.25, 0.3) is 0 Å². The van der Waals surface area contributed by atoms with E-state index in [1.807, 2.05) is 41.5 Å². The normalized spacial score (nSPS) is 12.1. The van der Waals surface area contributed by atoms with Crippen molar-refractivity contribution in [2.24, 2.45) is 0 Å². The zero-order chi connectivity index (χ0) is 16.0. The van der Waals surface area contributed by atoms with Crippen LogP contribution >= 0.6 is 0 Å². The van der Waals surface area contributed by atoms with Crippen LogP contribution in [0.3, 0.4) is 0 Å². The van der Waals surface area contributed by atoms with Crippen molar-refractivity contribution in [2.75, 3.05) is 17.2 Å². The minimum Gasteiger partial charge on any atom is -0.370 e. The summed E-state index contributed by atoms with van der Waals surface area (Å²) < 4.78 is 0. The molecule has 1 atom stereocenters. The zero-order valence-corrected chi connectivity index (χ0v) is 13.9. The van der Waals surface area contributed by atoms with E-state index in [2.05, 4.69) is 25.9 Å². The number of amides is 1. The lowest BCUT2D eigenvalue weighted by molar-refractivity contribution is -0.122. The summed E-state index contributed by atoms with van der Waals surface area (Å²) in [6, 6.07) is -0.225. The second kappa shape index (κ2) is 7.81. The summed E-state index contributed by atoms with van der Waals surface area (Å²) in [6.45, 7) is 12.5. The van der Waals surface area contributed by atoms with Crippen LogP contribution in [0, 0.1) is 6.92 Å². The van der Waals surface area contributed by atoms with Crippen LogP contribution in [0.25, 0.3) is 0 Å². The van der Waals surface area contributed by atoms with Gasteiger partial charge in [-0.2, -0.15) is 0 Å². The van der Waals surface area contributed by atoms with Gasteiger partial charge in [-0.25, -0.2) is 9.97 Å². The van der Waals surface area contributed by atoms with Gasteiger partial charge in [-0.15, -0.1) is 0 Å². The number of anilines is 2. The first kappa shape index (κ1) is 17.2. The number of aryl methyl sites for hydroxylation is 1. The van der Waals surface area contributed by atoms with Crippen LogP contribution in [0.1, 0.15) is 46.0 Å². The van der Waals surface area contributed by atoms with Crippen molar-refractivity contribution < 1.29 is 4.79 Å². The number of rotatable bonds is 7. The van der Waals surface area contributed by atoms with Gasteiger partial charge in [0.2, 0.25) is 5.91 Å². The highest BCUT2D eigenvalue weighted by molar-refractivity contribution is 5.84. The van der Waals surface area contributed by atoms with E-state index in [0.29, 0.717) is 5.82 Å². The molecule has 1 rings (SSSR count). The predicted octanol–water partition coefficient (Wildman–Crippen LogP) is 2.10. The molecule has 0 bridgehead atoms. The van der Waals surface area contributed by atoms with Gasteiger partial charge >= 0.3 is 0 Å². The molecule has 0 fully saturated rings. The first-order valence-corrected chi connectivity index (χ1v) is 7.57. The smallest absolute Gasteiger partial charge is 0.242 e. The van der Waals surface area contributed by atoms with E-state index in [9.17, 15) is 4.79 Å². The van der Waals surface area contributed by atoms with E-state index in [1.54, 1.807) is 0 Å². The molecule has 6 nitrogen and oxygen atoms in total. The molecule has 6 heteroatoms. The Morgan fingerprint density at radius 2 is 1.76 bits per heavy atom. The molecule has 1 unspecified atom stereocenters. The molecule has 0 aliphatic carbocycles. The van der Waals surface area contributed by atoms with E-state index in [0.717, 1.165) is 30.2 Å². The third-order valence-electron chi connectivity index (χ3n) is 3.03. The van der Waals surface area contributed by atoms with Crippen LogP contribution in [0.15, 0.2) is 0 Å². The van der Waals surface area contributed by atoms with Gasteiger partial charge in [0.15, 0.2) is 0 Å². The van der Waals surface area contributed by atoms with Gasteiger partial charge in [0, 0.05) is 24.6 Å². The van der Waals surface area contributed by atoms with E-state index in [4.69, 9.17) is 0 Å². The molecule has 0 spiro atoms. The minimum atomic E-state index is -0.347. The fourth-order valence-electron chi connectivity index (χ4n) is 1.88. The number of nitrogens with one attached hydrogen (secondary N) is 3. The summed E-state index contributed by atoms with van der Waals surface area (Å²) in [7, 11) is 0. The number of nitrogens with zero attached hydrogens (tertiary/aromatic N) is 2. The minimum absolute atomic E-state index is 0.0361. The maximum atomic E-state index is 12.0. The Balaban J connectivity index is 2.96. The molecule has 0 aromatic carbocycles. The molecule has 0 aliphatic heterocycles.